The van der Waals surface area contributed by atoms with E-state index < -0.39 is 0 Å². The lowest BCUT2D eigenvalue weighted by molar-refractivity contribution is 0.227. The molecular weight excluding hydrogens is 295 g/mol. The van der Waals surface area contributed by atoms with Gasteiger partial charge < -0.3 is 10.6 Å². The molecule has 2 atom stereocenters. The van der Waals surface area contributed by atoms with Crippen LogP contribution in [0.2, 0.25) is 10.0 Å². The monoisotopic (exact) mass is 314 g/mol. The SMILES string of the molecule is CCC(N)C(CN1CN(C)C=N1)c1ccc(Cl)cc1Cl. The summed E-state index contributed by atoms with van der Waals surface area (Å²) < 4.78 is 0. The van der Waals surface area contributed by atoms with Crippen molar-refractivity contribution in [3.8, 4) is 0 Å². The second kappa shape index (κ2) is 6.66. The summed E-state index contributed by atoms with van der Waals surface area (Å²) in [6.07, 6.45) is 2.70. The van der Waals surface area contributed by atoms with Gasteiger partial charge in [-0.05, 0) is 24.1 Å². The molecule has 0 fully saturated rings. The molecule has 0 bridgehead atoms. The van der Waals surface area contributed by atoms with E-state index in [-0.39, 0.29) is 12.0 Å². The van der Waals surface area contributed by atoms with Gasteiger partial charge in [0.05, 0.1) is 0 Å². The number of halogens is 2. The van der Waals surface area contributed by atoms with Crippen LogP contribution in [-0.2, 0) is 0 Å². The average Bonchev–Trinajstić information content (AvgIpc) is 2.81. The zero-order valence-corrected chi connectivity index (χ0v) is 13.3. The number of hydrazone groups is 1. The second-order valence-electron chi connectivity index (χ2n) is 5.16. The minimum absolute atomic E-state index is 0.0368. The Morgan fingerprint density at radius 3 is 2.70 bits per heavy atom. The molecule has 1 aliphatic heterocycles. The highest BCUT2D eigenvalue weighted by atomic mass is 35.5. The Hall–Kier alpha value is -0.970. The molecule has 6 heteroatoms. The summed E-state index contributed by atoms with van der Waals surface area (Å²) in [7, 11) is 1.99. The maximum atomic E-state index is 6.33. The fourth-order valence-electron chi connectivity index (χ4n) is 2.37. The van der Waals surface area contributed by atoms with Crippen molar-refractivity contribution in [1.82, 2.24) is 9.91 Å². The zero-order valence-electron chi connectivity index (χ0n) is 11.8. The van der Waals surface area contributed by atoms with Crippen molar-refractivity contribution in [3.63, 3.8) is 0 Å². The van der Waals surface area contributed by atoms with Crippen molar-refractivity contribution in [1.29, 1.82) is 0 Å². The topological polar surface area (TPSA) is 44.9 Å². The normalized spacial score (nSPS) is 17.6. The number of nitrogens with zero attached hydrogens (tertiary/aromatic N) is 3. The number of hydrogen-bond acceptors (Lipinski definition) is 4. The zero-order chi connectivity index (χ0) is 14.7. The van der Waals surface area contributed by atoms with E-state index >= 15 is 0 Å². The quantitative estimate of drug-likeness (QED) is 0.908. The van der Waals surface area contributed by atoms with E-state index in [4.69, 9.17) is 28.9 Å². The van der Waals surface area contributed by atoms with Crippen LogP contribution in [0, 0.1) is 0 Å². The van der Waals surface area contributed by atoms with Crippen molar-refractivity contribution in [2.24, 2.45) is 10.8 Å². The standard InChI is InChI=1S/C14H20Cl2N4/c1-3-14(17)12(7-20-9-19(2)8-18-20)11-5-4-10(15)6-13(11)16/h4-6,8,12,14H,3,7,9,17H2,1-2H3. The van der Waals surface area contributed by atoms with Gasteiger partial charge in [0.1, 0.15) is 13.0 Å². The smallest absolute Gasteiger partial charge is 0.112 e. The molecule has 0 aliphatic carbocycles. The number of rotatable bonds is 5. The second-order valence-corrected chi connectivity index (χ2v) is 6.01. The van der Waals surface area contributed by atoms with Gasteiger partial charge >= 0.3 is 0 Å². The maximum absolute atomic E-state index is 6.33. The largest absolute Gasteiger partial charge is 0.345 e. The van der Waals surface area contributed by atoms with E-state index in [2.05, 4.69) is 12.0 Å². The molecule has 2 unspecified atom stereocenters. The van der Waals surface area contributed by atoms with E-state index in [1.807, 2.05) is 35.4 Å². The lowest BCUT2D eigenvalue weighted by Crippen LogP contribution is -2.36. The fourth-order valence-corrected chi connectivity index (χ4v) is 2.92. The molecule has 1 aliphatic rings. The average molecular weight is 315 g/mol. The van der Waals surface area contributed by atoms with Gasteiger partial charge in [0.25, 0.3) is 0 Å². The summed E-state index contributed by atoms with van der Waals surface area (Å²) in [5.41, 5.74) is 7.32. The Morgan fingerprint density at radius 1 is 1.40 bits per heavy atom. The van der Waals surface area contributed by atoms with E-state index in [9.17, 15) is 0 Å². The van der Waals surface area contributed by atoms with Gasteiger partial charge in [-0.15, -0.1) is 0 Å². The summed E-state index contributed by atoms with van der Waals surface area (Å²) in [5, 5.41) is 7.67. The molecule has 0 radical (unpaired) electrons. The molecule has 0 spiro atoms. The van der Waals surface area contributed by atoms with E-state index in [1.165, 1.54) is 0 Å². The van der Waals surface area contributed by atoms with E-state index in [0.717, 1.165) is 25.2 Å². The molecule has 1 heterocycles. The molecule has 0 aromatic heterocycles. The summed E-state index contributed by atoms with van der Waals surface area (Å²) >= 11 is 12.3. The maximum Gasteiger partial charge on any atom is 0.112 e. The molecule has 4 nitrogen and oxygen atoms in total. The van der Waals surface area contributed by atoms with Gasteiger partial charge in [0.2, 0.25) is 0 Å². The summed E-state index contributed by atoms with van der Waals surface area (Å²) in [6, 6.07) is 5.63. The van der Waals surface area contributed by atoms with Gasteiger partial charge in [0, 0.05) is 35.6 Å². The molecule has 110 valence electrons. The van der Waals surface area contributed by atoms with Crippen LogP contribution in [0.3, 0.4) is 0 Å². The molecule has 0 saturated carbocycles. The first-order valence-corrected chi connectivity index (χ1v) is 7.46. The molecule has 0 saturated heterocycles. The lowest BCUT2D eigenvalue weighted by Gasteiger charge is -2.28. The first kappa shape index (κ1) is 15.4. The highest BCUT2D eigenvalue weighted by molar-refractivity contribution is 6.35. The predicted molar refractivity (Wildman–Crippen MR) is 85.3 cm³/mol. The molecule has 20 heavy (non-hydrogen) atoms. The highest BCUT2D eigenvalue weighted by Crippen LogP contribution is 2.31. The van der Waals surface area contributed by atoms with Crippen molar-refractivity contribution in [2.45, 2.75) is 25.3 Å². The predicted octanol–water partition coefficient (Wildman–Crippen LogP) is 2.96. The third kappa shape index (κ3) is 3.57. The van der Waals surface area contributed by atoms with Crippen LogP contribution in [0.1, 0.15) is 24.8 Å². The number of benzene rings is 1. The van der Waals surface area contributed by atoms with Crippen LogP contribution in [0.4, 0.5) is 0 Å². The molecular formula is C14H20Cl2N4. The molecule has 1 aromatic carbocycles. The van der Waals surface area contributed by atoms with Gasteiger partial charge in [-0.3, -0.25) is 5.01 Å². The van der Waals surface area contributed by atoms with Crippen LogP contribution in [0.5, 0.6) is 0 Å². The van der Waals surface area contributed by atoms with Crippen molar-refractivity contribution >= 4 is 29.5 Å². The minimum Gasteiger partial charge on any atom is -0.345 e. The van der Waals surface area contributed by atoms with Crippen molar-refractivity contribution in [2.75, 3.05) is 20.3 Å². The van der Waals surface area contributed by atoms with Crippen molar-refractivity contribution in [3.05, 3.63) is 33.8 Å². The Labute approximate surface area is 130 Å². The highest BCUT2D eigenvalue weighted by Gasteiger charge is 2.25. The van der Waals surface area contributed by atoms with Gasteiger partial charge in [0.15, 0.2) is 0 Å². The van der Waals surface area contributed by atoms with E-state index in [0.29, 0.717) is 10.0 Å². The van der Waals surface area contributed by atoms with Gasteiger partial charge in [-0.2, -0.15) is 5.10 Å². The van der Waals surface area contributed by atoms with Crippen LogP contribution in [-0.4, -0.2) is 42.6 Å². The number of nitrogens with two attached hydrogens (primary N) is 1. The molecule has 0 amide bonds. The van der Waals surface area contributed by atoms with Crippen LogP contribution in [0.15, 0.2) is 23.3 Å². The first-order valence-electron chi connectivity index (χ1n) is 6.71. The van der Waals surface area contributed by atoms with Gasteiger partial charge in [-0.1, -0.05) is 36.2 Å². The number of hydrogen-bond donors (Lipinski definition) is 1. The Kier molecular flexibility index (Phi) is 5.13. The minimum atomic E-state index is 0.0368. The first-order chi connectivity index (χ1) is 9.51. The van der Waals surface area contributed by atoms with Crippen LogP contribution < -0.4 is 5.73 Å². The molecule has 2 rings (SSSR count). The lowest BCUT2D eigenvalue weighted by atomic mass is 9.90. The van der Waals surface area contributed by atoms with Crippen LogP contribution in [0.25, 0.3) is 0 Å². The third-order valence-electron chi connectivity index (χ3n) is 3.56. The van der Waals surface area contributed by atoms with E-state index in [1.54, 1.807) is 6.07 Å². The van der Waals surface area contributed by atoms with Crippen molar-refractivity contribution < 1.29 is 0 Å². The van der Waals surface area contributed by atoms with Crippen LogP contribution >= 0.6 is 23.2 Å². The molecule has 1 aromatic rings. The molecule has 2 N–H and O–H groups in total. The summed E-state index contributed by atoms with van der Waals surface area (Å²) in [6.45, 7) is 3.61. The Bertz CT molecular complexity index is 492. The Morgan fingerprint density at radius 2 is 2.15 bits per heavy atom. The fraction of sp³-hybridized carbons (Fsp3) is 0.500. The summed E-state index contributed by atoms with van der Waals surface area (Å²) in [4.78, 5) is 2.03. The summed E-state index contributed by atoms with van der Waals surface area (Å²) in [5.74, 6) is 0.133. The van der Waals surface area contributed by atoms with Gasteiger partial charge in [-0.25, -0.2) is 0 Å². The third-order valence-corrected chi connectivity index (χ3v) is 4.12. The Balaban J connectivity index is 2.21.